The Morgan fingerprint density at radius 3 is 2.61 bits per heavy atom. The van der Waals surface area contributed by atoms with Crippen LogP contribution in [-0.4, -0.2) is 32.8 Å². The normalized spacial score (nSPS) is 14.8. The van der Waals surface area contributed by atoms with E-state index in [2.05, 4.69) is 45.6 Å². The molecule has 170 valence electrons. The number of aryl methyl sites for hydroxylation is 1. The van der Waals surface area contributed by atoms with E-state index >= 15 is 0 Å². The van der Waals surface area contributed by atoms with E-state index in [0.717, 1.165) is 59.5 Å². The molecule has 0 atom stereocenters. The van der Waals surface area contributed by atoms with E-state index in [1.165, 1.54) is 6.20 Å². The molecule has 0 radical (unpaired) electrons. The van der Waals surface area contributed by atoms with Crippen LogP contribution < -0.4 is 10.6 Å². The largest absolute Gasteiger partial charge is 0.339 e. The first kappa shape index (κ1) is 21.5. The molecule has 0 spiro atoms. The van der Waals surface area contributed by atoms with Gasteiger partial charge in [-0.1, -0.05) is 19.9 Å². The number of aromatic nitrogens is 4. The fraction of sp³-hybridized carbons (Fsp3) is 0.346. The van der Waals surface area contributed by atoms with Gasteiger partial charge in [-0.2, -0.15) is 5.10 Å². The number of nitrogens with zero attached hydrogens (tertiary/aromatic N) is 4. The molecule has 0 amide bonds. The number of nitrogens with one attached hydrogen (secondary N) is 2. The summed E-state index contributed by atoms with van der Waals surface area (Å²) < 4.78 is 16.7. The zero-order valence-corrected chi connectivity index (χ0v) is 19.3. The third-order valence-corrected chi connectivity index (χ3v) is 6.41. The molecule has 1 aliphatic rings. The van der Waals surface area contributed by atoms with Gasteiger partial charge in [0, 0.05) is 35.3 Å². The molecule has 33 heavy (non-hydrogen) atoms. The van der Waals surface area contributed by atoms with Gasteiger partial charge in [0.2, 0.25) is 0 Å². The van der Waals surface area contributed by atoms with E-state index in [4.69, 9.17) is 0 Å². The quantitative estimate of drug-likeness (QED) is 0.425. The molecule has 3 aromatic heterocycles. The molecule has 4 heterocycles. The number of anilines is 2. The Bertz CT molecular complexity index is 1270. The second-order valence-corrected chi connectivity index (χ2v) is 9.07. The summed E-state index contributed by atoms with van der Waals surface area (Å²) in [6.45, 7) is 6.36. The van der Waals surface area contributed by atoms with Crippen molar-refractivity contribution in [1.82, 2.24) is 25.1 Å². The molecule has 1 aliphatic heterocycles. The average molecular weight is 445 g/mol. The lowest BCUT2D eigenvalue weighted by atomic mass is 9.94. The van der Waals surface area contributed by atoms with E-state index in [1.54, 1.807) is 6.07 Å². The smallest absolute Gasteiger partial charge is 0.149 e. The number of rotatable bonds is 5. The van der Waals surface area contributed by atoms with Crippen molar-refractivity contribution < 1.29 is 4.39 Å². The highest BCUT2D eigenvalue weighted by Crippen LogP contribution is 2.32. The van der Waals surface area contributed by atoms with E-state index in [-0.39, 0.29) is 5.82 Å². The maximum atomic E-state index is 14.8. The van der Waals surface area contributed by atoms with Crippen molar-refractivity contribution >= 4 is 22.4 Å². The summed E-state index contributed by atoms with van der Waals surface area (Å²) in [4.78, 5) is 8.90. The summed E-state index contributed by atoms with van der Waals surface area (Å²) in [5.74, 6) is 1.05. The monoisotopic (exact) mass is 444 g/mol. The lowest BCUT2D eigenvalue weighted by molar-refractivity contribution is 0.453. The van der Waals surface area contributed by atoms with Gasteiger partial charge in [0.1, 0.15) is 11.6 Å². The van der Waals surface area contributed by atoms with Crippen LogP contribution in [0.15, 0.2) is 48.8 Å². The molecule has 4 aromatic rings. The fourth-order valence-electron chi connectivity index (χ4n) is 4.78. The number of fused-ring (bicyclic) bond motifs is 1. The maximum absolute atomic E-state index is 14.8. The van der Waals surface area contributed by atoms with Gasteiger partial charge in [-0.15, -0.1) is 0 Å². The number of piperidine rings is 1. The van der Waals surface area contributed by atoms with Crippen LogP contribution in [0.25, 0.3) is 22.0 Å². The Morgan fingerprint density at radius 1 is 1.06 bits per heavy atom. The number of hydrogen-bond donors (Lipinski definition) is 2. The summed E-state index contributed by atoms with van der Waals surface area (Å²) in [6, 6.07) is 11.7. The second-order valence-electron chi connectivity index (χ2n) is 9.07. The van der Waals surface area contributed by atoms with Crippen molar-refractivity contribution in [2.45, 2.75) is 38.5 Å². The molecule has 0 bridgehead atoms. The van der Waals surface area contributed by atoms with Crippen molar-refractivity contribution in [3.63, 3.8) is 0 Å². The molecule has 2 N–H and O–H groups in total. The van der Waals surface area contributed by atoms with Gasteiger partial charge in [-0.25, -0.2) is 9.37 Å². The van der Waals surface area contributed by atoms with Gasteiger partial charge in [-0.05, 0) is 67.7 Å². The summed E-state index contributed by atoms with van der Waals surface area (Å²) in [5.41, 5.74) is 5.33. The van der Waals surface area contributed by atoms with E-state index in [1.807, 2.05) is 42.2 Å². The molecule has 5 rings (SSSR count). The zero-order chi connectivity index (χ0) is 22.9. The Labute approximate surface area is 193 Å². The number of pyridine rings is 2. The molecule has 1 saturated heterocycles. The van der Waals surface area contributed by atoms with Crippen LogP contribution in [-0.2, 0) is 7.05 Å². The van der Waals surface area contributed by atoms with Gasteiger partial charge in [0.05, 0.1) is 23.6 Å². The minimum atomic E-state index is -0.353. The van der Waals surface area contributed by atoms with E-state index < -0.39 is 0 Å². The minimum absolute atomic E-state index is 0.315. The van der Waals surface area contributed by atoms with Crippen LogP contribution in [0.2, 0.25) is 0 Å². The van der Waals surface area contributed by atoms with E-state index in [9.17, 15) is 4.39 Å². The summed E-state index contributed by atoms with van der Waals surface area (Å²) in [6.07, 6.45) is 5.33. The number of hydrogen-bond acceptors (Lipinski definition) is 5. The van der Waals surface area contributed by atoms with Crippen LogP contribution in [0.5, 0.6) is 0 Å². The highest BCUT2D eigenvalue weighted by molar-refractivity contribution is 5.87. The lowest BCUT2D eigenvalue weighted by Gasteiger charge is -2.22. The van der Waals surface area contributed by atoms with Crippen LogP contribution in [0, 0.1) is 5.82 Å². The van der Waals surface area contributed by atoms with Crippen molar-refractivity contribution in [3.8, 4) is 11.1 Å². The second kappa shape index (κ2) is 8.90. The lowest BCUT2D eigenvalue weighted by Crippen LogP contribution is -2.27. The van der Waals surface area contributed by atoms with Gasteiger partial charge in [-0.3, -0.25) is 9.67 Å². The third-order valence-electron chi connectivity index (χ3n) is 6.41. The van der Waals surface area contributed by atoms with Crippen molar-refractivity contribution in [3.05, 3.63) is 66.0 Å². The number of halogens is 1. The molecule has 7 heteroatoms. The Balaban J connectivity index is 1.42. The third kappa shape index (κ3) is 4.33. The SMILES string of the molecule is CC(C)c1c2cc(-c3cc(Nc4ccc(C5CCNCC5)nc4)ncc3F)ccc2nn1C. The average Bonchev–Trinajstić information content (AvgIpc) is 3.16. The molecule has 1 fully saturated rings. The molecule has 6 nitrogen and oxygen atoms in total. The Hall–Kier alpha value is -3.32. The standard InChI is InChI=1S/C26H29FN6/c1-16(2)26-21-12-18(4-6-24(21)32-33(26)3)20-13-25(30-15-22(20)27)31-19-5-7-23(29-14-19)17-8-10-28-11-9-17/h4-7,12-17,28H,8-11H2,1-3H3,(H,30,31). The van der Waals surface area contributed by atoms with Crippen molar-refractivity contribution in [2.24, 2.45) is 7.05 Å². The van der Waals surface area contributed by atoms with Crippen LogP contribution in [0.1, 0.15) is 49.9 Å². The van der Waals surface area contributed by atoms with Crippen LogP contribution in [0.3, 0.4) is 0 Å². The molecule has 0 unspecified atom stereocenters. The van der Waals surface area contributed by atoms with E-state index in [0.29, 0.717) is 23.2 Å². The van der Waals surface area contributed by atoms with Crippen LogP contribution in [0.4, 0.5) is 15.9 Å². The predicted molar refractivity (Wildman–Crippen MR) is 130 cm³/mol. The summed E-state index contributed by atoms with van der Waals surface area (Å²) in [7, 11) is 1.95. The fourth-order valence-corrected chi connectivity index (χ4v) is 4.78. The van der Waals surface area contributed by atoms with Gasteiger partial charge in [0.25, 0.3) is 0 Å². The van der Waals surface area contributed by atoms with Gasteiger partial charge in [0.15, 0.2) is 0 Å². The molecular formula is C26H29FN6. The Morgan fingerprint density at radius 2 is 1.88 bits per heavy atom. The maximum Gasteiger partial charge on any atom is 0.149 e. The highest BCUT2D eigenvalue weighted by atomic mass is 19.1. The topological polar surface area (TPSA) is 67.7 Å². The molecule has 0 saturated carbocycles. The number of benzene rings is 1. The Kier molecular flexibility index (Phi) is 5.81. The summed E-state index contributed by atoms with van der Waals surface area (Å²) in [5, 5.41) is 12.3. The first-order valence-electron chi connectivity index (χ1n) is 11.6. The van der Waals surface area contributed by atoms with Gasteiger partial charge < -0.3 is 10.6 Å². The van der Waals surface area contributed by atoms with Crippen molar-refractivity contribution in [2.75, 3.05) is 18.4 Å². The van der Waals surface area contributed by atoms with Crippen molar-refractivity contribution in [1.29, 1.82) is 0 Å². The van der Waals surface area contributed by atoms with Crippen LogP contribution >= 0.6 is 0 Å². The minimum Gasteiger partial charge on any atom is -0.339 e. The molecule has 0 aliphatic carbocycles. The summed E-state index contributed by atoms with van der Waals surface area (Å²) >= 11 is 0. The molecular weight excluding hydrogens is 415 g/mol. The first-order valence-corrected chi connectivity index (χ1v) is 11.6. The molecule has 1 aromatic carbocycles. The first-order chi connectivity index (χ1) is 16.0. The predicted octanol–water partition coefficient (Wildman–Crippen LogP) is 5.50. The van der Waals surface area contributed by atoms with Gasteiger partial charge >= 0.3 is 0 Å². The highest BCUT2D eigenvalue weighted by Gasteiger charge is 2.17. The zero-order valence-electron chi connectivity index (χ0n) is 19.3.